The summed E-state index contributed by atoms with van der Waals surface area (Å²) in [6.45, 7) is 1.05. The molecule has 2 aromatic rings. The number of ether oxygens (including phenoxy) is 2. The summed E-state index contributed by atoms with van der Waals surface area (Å²) >= 11 is 0. The molecule has 6 nitrogen and oxygen atoms in total. The van der Waals surface area contributed by atoms with Gasteiger partial charge in [0, 0.05) is 12.1 Å². The average Bonchev–Trinajstić information content (AvgIpc) is 3.34. The Morgan fingerprint density at radius 1 is 1.07 bits per heavy atom. The summed E-state index contributed by atoms with van der Waals surface area (Å²) in [6, 6.07) is 7.52. The van der Waals surface area contributed by atoms with Gasteiger partial charge in [-0.1, -0.05) is 0 Å². The van der Waals surface area contributed by atoms with E-state index in [-0.39, 0.29) is 12.7 Å². The van der Waals surface area contributed by atoms with Crippen molar-refractivity contribution in [2.45, 2.75) is 38.5 Å². The summed E-state index contributed by atoms with van der Waals surface area (Å²) in [4.78, 5) is 12.7. The molecule has 1 aromatic carbocycles. The van der Waals surface area contributed by atoms with Crippen molar-refractivity contribution in [3.8, 4) is 22.8 Å². The van der Waals surface area contributed by atoms with Crippen LogP contribution < -0.4 is 14.8 Å². The van der Waals surface area contributed by atoms with Crippen molar-refractivity contribution in [2.24, 2.45) is 23.2 Å². The van der Waals surface area contributed by atoms with E-state index in [4.69, 9.17) is 9.47 Å². The molecular weight excluding hydrogens is 354 g/mol. The molecule has 0 radical (unpaired) electrons. The topological polar surface area (TPSA) is 76.2 Å². The first-order valence-electron chi connectivity index (χ1n) is 10.4. The van der Waals surface area contributed by atoms with Gasteiger partial charge in [-0.3, -0.25) is 9.89 Å². The minimum atomic E-state index is -0.0600. The first-order valence-corrected chi connectivity index (χ1v) is 10.4. The number of aromatic amines is 1. The number of nitrogens with zero attached hydrogens (tertiary/aromatic N) is 1. The minimum Gasteiger partial charge on any atom is -0.454 e. The van der Waals surface area contributed by atoms with E-state index in [1.54, 1.807) is 0 Å². The molecule has 0 spiro atoms. The fourth-order valence-electron chi connectivity index (χ4n) is 6.51. The van der Waals surface area contributed by atoms with Gasteiger partial charge in [0.1, 0.15) is 5.69 Å². The van der Waals surface area contributed by atoms with Crippen LogP contribution in [0.4, 0.5) is 0 Å². The van der Waals surface area contributed by atoms with Crippen molar-refractivity contribution >= 4 is 5.91 Å². The lowest BCUT2D eigenvalue weighted by atomic mass is 9.49. The van der Waals surface area contributed by atoms with Crippen LogP contribution in [0.15, 0.2) is 24.3 Å². The largest absolute Gasteiger partial charge is 0.454 e. The Morgan fingerprint density at radius 2 is 1.79 bits per heavy atom. The Bertz CT molecular complexity index is 900. The molecule has 6 heteroatoms. The zero-order valence-electron chi connectivity index (χ0n) is 15.9. The number of H-pyrrole nitrogens is 1. The molecule has 0 saturated heterocycles. The molecule has 28 heavy (non-hydrogen) atoms. The number of carbonyl (C=O) groups excluding carboxylic acids is 1. The van der Waals surface area contributed by atoms with Gasteiger partial charge >= 0.3 is 0 Å². The van der Waals surface area contributed by atoms with Gasteiger partial charge in [-0.05, 0) is 86.0 Å². The van der Waals surface area contributed by atoms with Gasteiger partial charge in [-0.15, -0.1) is 0 Å². The van der Waals surface area contributed by atoms with Gasteiger partial charge in [0.25, 0.3) is 5.91 Å². The van der Waals surface area contributed by atoms with Crippen molar-refractivity contribution in [3.05, 3.63) is 30.0 Å². The molecule has 4 bridgehead atoms. The van der Waals surface area contributed by atoms with Crippen LogP contribution in [0.1, 0.15) is 49.0 Å². The highest BCUT2D eigenvalue weighted by Gasteiger charge is 2.50. The molecule has 4 saturated carbocycles. The van der Waals surface area contributed by atoms with E-state index in [1.165, 1.54) is 38.5 Å². The Kier molecular flexibility index (Phi) is 3.52. The lowest BCUT2D eigenvalue weighted by Gasteiger charge is -2.56. The van der Waals surface area contributed by atoms with Crippen molar-refractivity contribution < 1.29 is 14.3 Å². The van der Waals surface area contributed by atoms with Crippen LogP contribution >= 0.6 is 0 Å². The average molecular weight is 379 g/mol. The highest BCUT2D eigenvalue weighted by atomic mass is 16.7. The Labute approximate surface area is 164 Å². The fourth-order valence-corrected chi connectivity index (χ4v) is 6.51. The summed E-state index contributed by atoms with van der Waals surface area (Å²) in [5.74, 6) is 4.09. The first-order chi connectivity index (χ1) is 13.7. The van der Waals surface area contributed by atoms with E-state index in [1.807, 2.05) is 24.3 Å². The standard InChI is InChI=1S/C22H25N3O3/c26-21(23-11-22-8-13-3-14(9-22)5-15(4-13)10-22)18-7-17(24-25-18)16-1-2-19-20(6-16)28-12-27-19/h1-2,6-7,13-15H,3-5,8-12H2,(H,23,26)(H,24,25). The summed E-state index contributed by atoms with van der Waals surface area (Å²) in [6.07, 6.45) is 8.16. The Morgan fingerprint density at radius 3 is 2.54 bits per heavy atom. The smallest absolute Gasteiger partial charge is 0.269 e. The van der Waals surface area contributed by atoms with E-state index < -0.39 is 0 Å². The van der Waals surface area contributed by atoms with Crippen LogP contribution in [0.25, 0.3) is 11.3 Å². The van der Waals surface area contributed by atoms with Crippen molar-refractivity contribution in [2.75, 3.05) is 13.3 Å². The zero-order chi connectivity index (χ0) is 18.7. The van der Waals surface area contributed by atoms with Gasteiger partial charge in [0.15, 0.2) is 11.5 Å². The second-order valence-corrected chi connectivity index (χ2v) is 9.34. The fraction of sp³-hybridized carbons (Fsp3) is 0.545. The number of amides is 1. The lowest BCUT2D eigenvalue weighted by Crippen LogP contribution is -2.51. The SMILES string of the molecule is O=C(NCC12CC3CC(CC(C3)C1)C2)c1cc(-c2ccc3c(c2)OCO3)n[nH]1. The molecule has 1 aromatic heterocycles. The molecule has 4 fully saturated rings. The maximum absolute atomic E-state index is 12.7. The molecule has 146 valence electrons. The van der Waals surface area contributed by atoms with Crippen LogP contribution in [0.2, 0.25) is 0 Å². The number of rotatable bonds is 4. The number of aromatic nitrogens is 2. The van der Waals surface area contributed by atoms with Crippen LogP contribution in [0.3, 0.4) is 0 Å². The maximum atomic E-state index is 12.7. The van der Waals surface area contributed by atoms with E-state index >= 15 is 0 Å². The third kappa shape index (κ3) is 2.69. The molecule has 2 heterocycles. The molecule has 4 aliphatic carbocycles. The van der Waals surface area contributed by atoms with Crippen LogP contribution in [-0.2, 0) is 0 Å². The van der Waals surface area contributed by atoms with E-state index in [0.29, 0.717) is 16.9 Å². The van der Waals surface area contributed by atoms with Crippen molar-refractivity contribution in [3.63, 3.8) is 0 Å². The quantitative estimate of drug-likeness (QED) is 0.848. The second kappa shape index (κ2) is 6.00. The third-order valence-electron chi connectivity index (χ3n) is 7.28. The first kappa shape index (κ1) is 16.5. The van der Waals surface area contributed by atoms with Gasteiger partial charge < -0.3 is 14.8 Å². The summed E-state index contributed by atoms with van der Waals surface area (Å²) in [5, 5.41) is 10.4. The van der Waals surface area contributed by atoms with Gasteiger partial charge in [0.05, 0.1) is 5.69 Å². The summed E-state index contributed by atoms with van der Waals surface area (Å²) in [7, 11) is 0. The van der Waals surface area contributed by atoms with E-state index in [0.717, 1.165) is 41.3 Å². The summed E-state index contributed by atoms with van der Waals surface area (Å²) < 4.78 is 10.8. The predicted molar refractivity (Wildman–Crippen MR) is 103 cm³/mol. The molecule has 0 atom stereocenters. The number of nitrogens with one attached hydrogen (secondary N) is 2. The molecule has 5 aliphatic rings. The minimum absolute atomic E-state index is 0.0600. The van der Waals surface area contributed by atoms with E-state index in [2.05, 4.69) is 15.5 Å². The van der Waals surface area contributed by atoms with Crippen molar-refractivity contribution in [1.82, 2.24) is 15.5 Å². The van der Waals surface area contributed by atoms with Crippen LogP contribution in [0.5, 0.6) is 11.5 Å². The Hall–Kier alpha value is -2.50. The third-order valence-corrected chi connectivity index (χ3v) is 7.28. The van der Waals surface area contributed by atoms with Gasteiger partial charge in [-0.25, -0.2) is 0 Å². The summed E-state index contributed by atoms with van der Waals surface area (Å²) in [5.41, 5.74) is 2.49. The number of benzene rings is 1. The van der Waals surface area contributed by atoms with Gasteiger partial charge in [0.2, 0.25) is 6.79 Å². The highest BCUT2D eigenvalue weighted by molar-refractivity contribution is 5.93. The van der Waals surface area contributed by atoms with E-state index in [9.17, 15) is 4.79 Å². The number of hydrogen-bond donors (Lipinski definition) is 2. The lowest BCUT2D eigenvalue weighted by molar-refractivity contribution is -0.0503. The van der Waals surface area contributed by atoms with Gasteiger partial charge in [-0.2, -0.15) is 5.10 Å². The molecule has 1 aliphatic heterocycles. The second-order valence-electron chi connectivity index (χ2n) is 9.34. The van der Waals surface area contributed by atoms with Crippen LogP contribution in [0, 0.1) is 23.2 Å². The predicted octanol–water partition coefficient (Wildman–Crippen LogP) is 3.75. The van der Waals surface area contributed by atoms with Crippen LogP contribution in [-0.4, -0.2) is 29.4 Å². The molecule has 7 rings (SSSR count). The maximum Gasteiger partial charge on any atom is 0.269 e. The van der Waals surface area contributed by atoms with Crippen molar-refractivity contribution in [1.29, 1.82) is 0 Å². The highest BCUT2D eigenvalue weighted by Crippen LogP contribution is 2.59. The Balaban J connectivity index is 1.15. The number of fused-ring (bicyclic) bond motifs is 1. The number of carbonyl (C=O) groups is 1. The molecule has 1 amide bonds. The molecular formula is C22H25N3O3. The zero-order valence-corrected chi connectivity index (χ0v) is 15.9. The number of hydrogen-bond acceptors (Lipinski definition) is 4. The normalized spacial score (nSPS) is 31.9. The molecule has 2 N–H and O–H groups in total. The monoisotopic (exact) mass is 379 g/mol. The molecule has 0 unspecified atom stereocenters.